The molecular formula is C12H14N2. The van der Waals surface area contributed by atoms with Gasteiger partial charge in [0.05, 0.1) is 0 Å². The Labute approximate surface area is 84.5 Å². The molecule has 1 aromatic rings. The standard InChI is InChI=1S/C12H14N2/c1-2-6-12(7-3-1)8-4-10-14-11-5-9-13-14/h1-9,13H,10-11H2. The van der Waals surface area contributed by atoms with Crippen molar-refractivity contribution in [1.29, 1.82) is 0 Å². The second kappa shape index (κ2) is 4.63. The molecule has 14 heavy (non-hydrogen) atoms. The van der Waals surface area contributed by atoms with E-state index in [-0.39, 0.29) is 0 Å². The second-order valence-electron chi connectivity index (χ2n) is 3.25. The summed E-state index contributed by atoms with van der Waals surface area (Å²) >= 11 is 0. The summed E-state index contributed by atoms with van der Waals surface area (Å²) in [6, 6.07) is 10.3. The van der Waals surface area contributed by atoms with E-state index in [0.717, 1.165) is 13.1 Å². The Morgan fingerprint density at radius 2 is 2.14 bits per heavy atom. The third kappa shape index (κ3) is 2.47. The van der Waals surface area contributed by atoms with Gasteiger partial charge in [0.2, 0.25) is 0 Å². The first kappa shape index (κ1) is 9.03. The minimum atomic E-state index is 0.932. The molecule has 1 heterocycles. The maximum Gasteiger partial charge on any atom is 0.0380 e. The minimum Gasteiger partial charge on any atom is -0.326 e. The van der Waals surface area contributed by atoms with Crippen LogP contribution in [0.5, 0.6) is 0 Å². The van der Waals surface area contributed by atoms with E-state index in [9.17, 15) is 0 Å². The van der Waals surface area contributed by atoms with Gasteiger partial charge in [0.25, 0.3) is 0 Å². The molecule has 2 nitrogen and oxygen atoms in total. The fraction of sp³-hybridized carbons (Fsp3) is 0.167. The molecule has 2 heteroatoms. The van der Waals surface area contributed by atoms with Crippen molar-refractivity contribution >= 4 is 6.08 Å². The van der Waals surface area contributed by atoms with Crippen LogP contribution in [0.2, 0.25) is 0 Å². The predicted octanol–water partition coefficient (Wildman–Crippen LogP) is 2.03. The summed E-state index contributed by atoms with van der Waals surface area (Å²) in [7, 11) is 0. The maximum absolute atomic E-state index is 3.14. The van der Waals surface area contributed by atoms with Crippen molar-refractivity contribution in [3.8, 4) is 0 Å². The van der Waals surface area contributed by atoms with Crippen LogP contribution in [0.3, 0.4) is 0 Å². The SMILES string of the molecule is C1=CNN(CC=Cc2ccccc2)C1. The van der Waals surface area contributed by atoms with Gasteiger partial charge in [0.15, 0.2) is 0 Å². The molecule has 0 aliphatic carbocycles. The van der Waals surface area contributed by atoms with Crippen LogP contribution >= 0.6 is 0 Å². The molecular weight excluding hydrogens is 172 g/mol. The van der Waals surface area contributed by atoms with Crippen molar-refractivity contribution in [2.45, 2.75) is 0 Å². The highest BCUT2D eigenvalue weighted by Crippen LogP contribution is 2.01. The fourth-order valence-corrected chi connectivity index (χ4v) is 1.40. The Morgan fingerprint density at radius 1 is 1.29 bits per heavy atom. The molecule has 0 bridgehead atoms. The molecule has 1 aliphatic rings. The van der Waals surface area contributed by atoms with Crippen LogP contribution in [-0.2, 0) is 0 Å². The molecule has 0 saturated carbocycles. The Bertz CT molecular complexity index is 319. The molecule has 0 saturated heterocycles. The van der Waals surface area contributed by atoms with E-state index in [2.05, 4.69) is 52.9 Å². The number of benzene rings is 1. The lowest BCUT2D eigenvalue weighted by atomic mass is 10.2. The number of hydrogen-bond donors (Lipinski definition) is 1. The van der Waals surface area contributed by atoms with Gasteiger partial charge >= 0.3 is 0 Å². The number of hydrogen-bond acceptors (Lipinski definition) is 2. The summed E-state index contributed by atoms with van der Waals surface area (Å²) in [5.74, 6) is 0. The molecule has 0 atom stereocenters. The van der Waals surface area contributed by atoms with Gasteiger partial charge in [-0.15, -0.1) is 0 Å². The molecule has 0 amide bonds. The topological polar surface area (TPSA) is 15.3 Å². The van der Waals surface area contributed by atoms with Crippen molar-refractivity contribution in [2.75, 3.05) is 13.1 Å². The van der Waals surface area contributed by atoms with E-state index in [0.29, 0.717) is 0 Å². The zero-order valence-electron chi connectivity index (χ0n) is 8.06. The lowest BCUT2D eigenvalue weighted by Gasteiger charge is -2.12. The first-order valence-electron chi connectivity index (χ1n) is 4.83. The third-order valence-corrected chi connectivity index (χ3v) is 2.14. The lowest BCUT2D eigenvalue weighted by Crippen LogP contribution is -2.29. The van der Waals surface area contributed by atoms with Gasteiger partial charge in [0.1, 0.15) is 0 Å². The maximum atomic E-state index is 3.14. The Balaban J connectivity index is 1.83. The van der Waals surface area contributed by atoms with E-state index in [1.165, 1.54) is 5.56 Å². The van der Waals surface area contributed by atoms with Gasteiger partial charge in [0, 0.05) is 19.3 Å². The number of rotatable bonds is 3. The highest BCUT2D eigenvalue weighted by atomic mass is 15.5. The van der Waals surface area contributed by atoms with Gasteiger partial charge < -0.3 is 5.43 Å². The van der Waals surface area contributed by atoms with Gasteiger partial charge in [-0.3, -0.25) is 0 Å². The van der Waals surface area contributed by atoms with Gasteiger partial charge in [-0.05, 0) is 5.56 Å². The van der Waals surface area contributed by atoms with E-state index in [1.807, 2.05) is 12.3 Å². The summed E-state index contributed by atoms with van der Waals surface area (Å²) in [6.45, 7) is 1.92. The fourth-order valence-electron chi connectivity index (χ4n) is 1.40. The van der Waals surface area contributed by atoms with Gasteiger partial charge in [-0.1, -0.05) is 48.6 Å². The summed E-state index contributed by atoms with van der Waals surface area (Å²) in [5, 5.41) is 2.14. The average Bonchev–Trinajstić information content (AvgIpc) is 2.72. The van der Waals surface area contributed by atoms with Crippen LogP contribution in [0.15, 0.2) is 48.7 Å². The molecule has 1 aromatic carbocycles. The van der Waals surface area contributed by atoms with Crippen molar-refractivity contribution in [3.05, 3.63) is 54.2 Å². The van der Waals surface area contributed by atoms with Crippen LogP contribution in [0.25, 0.3) is 6.08 Å². The van der Waals surface area contributed by atoms with Gasteiger partial charge in [-0.25, -0.2) is 5.01 Å². The monoisotopic (exact) mass is 186 g/mol. The molecule has 72 valence electrons. The summed E-state index contributed by atoms with van der Waals surface area (Å²) < 4.78 is 0. The highest BCUT2D eigenvalue weighted by Gasteiger charge is 2.00. The molecule has 0 radical (unpaired) electrons. The van der Waals surface area contributed by atoms with Crippen molar-refractivity contribution in [2.24, 2.45) is 0 Å². The molecule has 1 N–H and O–H groups in total. The lowest BCUT2D eigenvalue weighted by molar-refractivity contribution is 0.298. The molecule has 1 aliphatic heterocycles. The van der Waals surface area contributed by atoms with Crippen LogP contribution in [0.1, 0.15) is 5.56 Å². The first-order chi connectivity index (χ1) is 6.95. The highest BCUT2D eigenvalue weighted by molar-refractivity contribution is 5.48. The summed E-state index contributed by atoms with van der Waals surface area (Å²) in [6.07, 6.45) is 8.38. The third-order valence-electron chi connectivity index (χ3n) is 2.14. The predicted molar refractivity (Wildman–Crippen MR) is 59.3 cm³/mol. The minimum absolute atomic E-state index is 0.932. The van der Waals surface area contributed by atoms with Crippen LogP contribution in [0.4, 0.5) is 0 Å². The van der Waals surface area contributed by atoms with Gasteiger partial charge in [-0.2, -0.15) is 0 Å². The first-order valence-corrected chi connectivity index (χ1v) is 4.83. The zero-order valence-corrected chi connectivity index (χ0v) is 8.06. The van der Waals surface area contributed by atoms with Crippen molar-refractivity contribution in [3.63, 3.8) is 0 Å². The quantitative estimate of drug-likeness (QED) is 0.777. The number of hydrazine groups is 1. The van der Waals surface area contributed by atoms with Crippen LogP contribution < -0.4 is 5.43 Å². The molecule has 0 unspecified atom stereocenters. The normalized spacial score (nSPS) is 16.3. The molecule has 2 rings (SSSR count). The smallest absolute Gasteiger partial charge is 0.0380 e. The molecule has 0 spiro atoms. The second-order valence-corrected chi connectivity index (χ2v) is 3.25. The largest absolute Gasteiger partial charge is 0.326 e. The van der Waals surface area contributed by atoms with E-state index in [4.69, 9.17) is 0 Å². The Morgan fingerprint density at radius 3 is 2.86 bits per heavy atom. The Hall–Kier alpha value is -1.54. The summed E-state index contributed by atoms with van der Waals surface area (Å²) in [4.78, 5) is 0. The molecule has 0 fully saturated rings. The van der Waals surface area contributed by atoms with Crippen LogP contribution in [0, 0.1) is 0 Å². The molecule has 0 aromatic heterocycles. The van der Waals surface area contributed by atoms with Crippen molar-refractivity contribution < 1.29 is 0 Å². The van der Waals surface area contributed by atoms with Crippen molar-refractivity contribution in [1.82, 2.24) is 10.4 Å². The zero-order chi connectivity index (χ0) is 9.64. The number of nitrogens with zero attached hydrogens (tertiary/aromatic N) is 1. The van der Waals surface area contributed by atoms with Crippen LogP contribution in [-0.4, -0.2) is 18.1 Å². The van der Waals surface area contributed by atoms with E-state index in [1.54, 1.807) is 0 Å². The number of nitrogens with one attached hydrogen (secondary N) is 1. The van der Waals surface area contributed by atoms with E-state index < -0.39 is 0 Å². The average molecular weight is 186 g/mol. The Kier molecular flexibility index (Phi) is 2.99. The summed E-state index contributed by atoms with van der Waals surface area (Å²) in [5.41, 5.74) is 4.39. The van der Waals surface area contributed by atoms with E-state index >= 15 is 0 Å².